The molecule has 29 heavy (non-hydrogen) atoms. The topological polar surface area (TPSA) is 44.3 Å². The van der Waals surface area contributed by atoms with E-state index in [1.807, 2.05) is 25.1 Å². The summed E-state index contributed by atoms with van der Waals surface area (Å²) >= 11 is 0. The molecule has 0 unspecified atom stereocenters. The van der Waals surface area contributed by atoms with E-state index in [4.69, 9.17) is 0 Å². The molecular weight excluding hydrogens is 372 g/mol. The summed E-state index contributed by atoms with van der Waals surface area (Å²) in [5.74, 6) is 1.83. The zero-order valence-corrected chi connectivity index (χ0v) is 16.3. The van der Waals surface area contributed by atoms with Crippen molar-refractivity contribution in [2.24, 2.45) is 0 Å². The lowest BCUT2D eigenvalue weighted by Gasteiger charge is -2.37. The zero-order valence-electron chi connectivity index (χ0n) is 16.3. The van der Waals surface area contributed by atoms with Gasteiger partial charge >= 0.3 is 0 Å². The number of nitrogens with zero attached hydrogens (tertiary/aromatic N) is 4. The molecule has 0 amide bonds. The van der Waals surface area contributed by atoms with Crippen LogP contribution in [0.4, 0.5) is 26.1 Å². The van der Waals surface area contributed by atoms with Gasteiger partial charge in [-0.3, -0.25) is 0 Å². The van der Waals surface area contributed by atoms with E-state index in [0.717, 1.165) is 43.4 Å². The van der Waals surface area contributed by atoms with Crippen molar-refractivity contribution in [1.29, 1.82) is 0 Å². The van der Waals surface area contributed by atoms with Crippen molar-refractivity contribution in [3.63, 3.8) is 0 Å². The molecule has 0 spiro atoms. The molecule has 0 atom stereocenters. The smallest absolute Gasteiger partial charge is 0.146 e. The molecule has 150 valence electrons. The molecule has 1 aromatic heterocycles. The van der Waals surface area contributed by atoms with Gasteiger partial charge in [-0.1, -0.05) is 24.3 Å². The summed E-state index contributed by atoms with van der Waals surface area (Å²) in [6, 6.07) is 15.2. The number of rotatable bonds is 5. The third kappa shape index (κ3) is 4.62. The second-order valence-corrected chi connectivity index (χ2v) is 7.06. The largest absolute Gasteiger partial charge is 0.366 e. The minimum atomic E-state index is -0.247. The van der Waals surface area contributed by atoms with Crippen LogP contribution in [-0.2, 0) is 6.54 Å². The highest BCUT2D eigenvalue weighted by Crippen LogP contribution is 2.23. The van der Waals surface area contributed by atoms with Crippen molar-refractivity contribution in [3.8, 4) is 0 Å². The zero-order chi connectivity index (χ0) is 20.2. The molecule has 5 nitrogen and oxygen atoms in total. The first-order chi connectivity index (χ1) is 14.1. The third-order valence-corrected chi connectivity index (χ3v) is 5.01. The number of nitrogens with one attached hydrogen (secondary N) is 1. The molecule has 2 heterocycles. The maximum absolute atomic E-state index is 14.0. The number of halogens is 2. The van der Waals surface area contributed by atoms with Crippen LogP contribution < -0.4 is 15.1 Å². The molecular formula is C22H23F2N5. The van der Waals surface area contributed by atoms with Crippen LogP contribution in [0.25, 0.3) is 0 Å². The van der Waals surface area contributed by atoms with Crippen LogP contribution in [0, 0.1) is 18.6 Å². The van der Waals surface area contributed by atoms with Gasteiger partial charge in [-0.15, -0.1) is 0 Å². The molecule has 1 saturated heterocycles. The Labute approximate surface area is 169 Å². The minimum absolute atomic E-state index is 0.189. The SMILES string of the molecule is Cc1nc(NCc2ccc(F)cc2)cc(N2CCN(c3ccccc3F)CC2)n1. The molecule has 0 bridgehead atoms. The minimum Gasteiger partial charge on any atom is -0.366 e. The first kappa shape index (κ1) is 19.1. The standard InChI is InChI=1S/C22H23F2N5/c1-16-26-21(25-15-17-6-8-18(23)9-7-17)14-22(27-16)29-12-10-28(11-13-29)20-5-3-2-4-19(20)24/h2-9,14H,10-13,15H2,1H3,(H,25,26,27). The van der Waals surface area contributed by atoms with Crippen molar-refractivity contribution >= 4 is 17.3 Å². The Hall–Kier alpha value is -3.22. The highest BCUT2D eigenvalue weighted by atomic mass is 19.1. The molecule has 1 aliphatic rings. The van der Waals surface area contributed by atoms with E-state index in [1.54, 1.807) is 18.2 Å². The average molecular weight is 395 g/mol. The van der Waals surface area contributed by atoms with Gasteiger partial charge in [0.25, 0.3) is 0 Å². The van der Waals surface area contributed by atoms with Gasteiger partial charge in [0.1, 0.15) is 29.1 Å². The highest BCUT2D eigenvalue weighted by molar-refractivity contribution is 5.53. The Bertz CT molecular complexity index is 969. The van der Waals surface area contributed by atoms with E-state index in [9.17, 15) is 8.78 Å². The van der Waals surface area contributed by atoms with Gasteiger partial charge in [0.2, 0.25) is 0 Å². The van der Waals surface area contributed by atoms with Crippen molar-refractivity contribution in [1.82, 2.24) is 9.97 Å². The monoisotopic (exact) mass is 395 g/mol. The van der Waals surface area contributed by atoms with Crippen molar-refractivity contribution in [3.05, 3.63) is 77.6 Å². The number of piperazine rings is 1. The summed E-state index contributed by atoms with van der Waals surface area (Å²) < 4.78 is 27.1. The van der Waals surface area contributed by atoms with Crippen molar-refractivity contribution < 1.29 is 8.78 Å². The predicted octanol–water partition coefficient (Wildman–Crippen LogP) is 4.00. The van der Waals surface area contributed by atoms with E-state index in [1.165, 1.54) is 18.2 Å². The summed E-state index contributed by atoms with van der Waals surface area (Å²) in [4.78, 5) is 13.3. The van der Waals surface area contributed by atoms with Crippen LogP contribution in [0.5, 0.6) is 0 Å². The van der Waals surface area contributed by atoms with Gasteiger partial charge in [-0.05, 0) is 36.8 Å². The average Bonchev–Trinajstić information content (AvgIpc) is 2.73. The summed E-state index contributed by atoms with van der Waals surface area (Å²) in [6.45, 7) is 5.37. The lowest BCUT2D eigenvalue weighted by molar-refractivity contribution is 0.596. The fraction of sp³-hybridized carbons (Fsp3) is 0.273. The maximum atomic E-state index is 14.0. The molecule has 7 heteroatoms. The number of hydrogen-bond acceptors (Lipinski definition) is 5. The second-order valence-electron chi connectivity index (χ2n) is 7.06. The molecule has 1 aliphatic heterocycles. The van der Waals surface area contributed by atoms with Crippen molar-refractivity contribution in [2.45, 2.75) is 13.5 Å². The summed E-state index contributed by atoms with van der Waals surface area (Å²) in [6.07, 6.45) is 0. The van der Waals surface area contributed by atoms with Gasteiger partial charge in [0.05, 0.1) is 5.69 Å². The first-order valence-corrected chi connectivity index (χ1v) is 9.67. The number of aromatic nitrogens is 2. The fourth-order valence-corrected chi connectivity index (χ4v) is 3.48. The quantitative estimate of drug-likeness (QED) is 0.707. The van der Waals surface area contributed by atoms with Crippen LogP contribution in [0.1, 0.15) is 11.4 Å². The summed E-state index contributed by atoms with van der Waals surface area (Å²) in [5, 5.41) is 3.28. The number of para-hydroxylation sites is 1. The molecule has 4 rings (SSSR count). The number of benzene rings is 2. The van der Waals surface area contributed by atoms with Crippen LogP contribution in [0.2, 0.25) is 0 Å². The van der Waals surface area contributed by atoms with Crippen LogP contribution in [-0.4, -0.2) is 36.1 Å². The second kappa shape index (κ2) is 8.43. The number of anilines is 3. The van der Waals surface area contributed by atoms with Gasteiger partial charge in [-0.2, -0.15) is 0 Å². The van der Waals surface area contributed by atoms with E-state index in [-0.39, 0.29) is 11.6 Å². The molecule has 0 radical (unpaired) electrons. The molecule has 0 aliphatic carbocycles. The number of hydrogen-bond donors (Lipinski definition) is 1. The van der Waals surface area contributed by atoms with Crippen LogP contribution >= 0.6 is 0 Å². The summed E-state index contributed by atoms with van der Waals surface area (Å²) in [5.41, 5.74) is 1.62. The lowest BCUT2D eigenvalue weighted by Crippen LogP contribution is -2.47. The molecule has 1 N–H and O–H groups in total. The lowest BCUT2D eigenvalue weighted by atomic mass is 10.2. The van der Waals surface area contributed by atoms with Gasteiger partial charge in [0, 0.05) is 38.8 Å². The predicted molar refractivity (Wildman–Crippen MR) is 111 cm³/mol. The van der Waals surface area contributed by atoms with Gasteiger partial charge in [0.15, 0.2) is 0 Å². The van der Waals surface area contributed by atoms with Gasteiger partial charge < -0.3 is 15.1 Å². The van der Waals surface area contributed by atoms with Crippen molar-refractivity contribution in [2.75, 3.05) is 41.3 Å². The Morgan fingerprint density at radius 2 is 1.59 bits per heavy atom. The van der Waals surface area contributed by atoms with E-state index >= 15 is 0 Å². The molecule has 2 aromatic carbocycles. The first-order valence-electron chi connectivity index (χ1n) is 9.67. The van der Waals surface area contributed by atoms with Gasteiger partial charge in [-0.25, -0.2) is 18.7 Å². The Morgan fingerprint density at radius 1 is 0.897 bits per heavy atom. The Kier molecular flexibility index (Phi) is 5.55. The van der Waals surface area contributed by atoms with E-state index in [0.29, 0.717) is 18.1 Å². The van der Waals surface area contributed by atoms with E-state index in [2.05, 4.69) is 25.1 Å². The summed E-state index contributed by atoms with van der Waals surface area (Å²) in [7, 11) is 0. The fourth-order valence-electron chi connectivity index (χ4n) is 3.48. The molecule has 3 aromatic rings. The normalized spacial score (nSPS) is 14.2. The maximum Gasteiger partial charge on any atom is 0.146 e. The van der Waals surface area contributed by atoms with E-state index < -0.39 is 0 Å². The molecule has 1 fully saturated rings. The Morgan fingerprint density at radius 3 is 2.31 bits per heavy atom. The van der Waals surface area contributed by atoms with Crippen LogP contribution in [0.15, 0.2) is 54.6 Å². The molecule has 0 saturated carbocycles. The number of aryl methyl sites for hydroxylation is 1. The van der Waals surface area contributed by atoms with Crippen LogP contribution in [0.3, 0.4) is 0 Å². The third-order valence-electron chi connectivity index (χ3n) is 5.01. The highest BCUT2D eigenvalue weighted by Gasteiger charge is 2.21. The Balaban J connectivity index is 1.41.